The minimum Gasteiger partial charge on any atom is -0.349 e. The first kappa shape index (κ1) is 26.9. The lowest BCUT2D eigenvalue weighted by molar-refractivity contribution is 0.0947. The first-order valence-corrected chi connectivity index (χ1v) is 14.7. The summed E-state index contributed by atoms with van der Waals surface area (Å²) in [6.07, 6.45) is 3.94. The second kappa shape index (κ2) is 9.95. The number of H-pyrrole nitrogens is 1. The highest BCUT2D eigenvalue weighted by Gasteiger charge is 2.38. The number of aromatic nitrogens is 2. The van der Waals surface area contributed by atoms with Gasteiger partial charge in [0.2, 0.25) is 10.0 Å². The smallest absolute Gasteiger partial charge is 0.282 e. The minimum atomic E-state index is -4.02. The molecular weight excluding hydrogens is 554 g/mol. The standard InChI is InChI=1S/C29H26F2N4O5S/c1-15-11-21-24(13-23(15)31)35(14-17-12-16(4-9-22(17)30)27(36)33-18-5-6-18)26(25(21)20-3-2-10-32-28(20)37)29(38)34-41(39,40)19-7-8-19/h2-4,9-13,18-19H,5-8,14H2,1H3,(H,32,37)(H,33,36)(H,34,38). The number of amides is 2. The number of hydrogen-bond acceptors (Lipinski definition) is 5. The maximum atomic E-state index is 15.2. The third-order valence-corrected chi connectivity index (χ3v) is 9.21. The van der Waals surface area contributed by atoms with Gasteiger partial charge < -0.3 is 14.9 Å². The minimum absolute atomic E-state index is 0.0129. The number of pyridine rings is 1. The Morgan fingerprint density at radius 3 is 2.46 bits per heavy atom. The van der Waals surface area contributed by atoms with Crippen LogP contribution in [0, 0.1) is 18.6 Å². The van der Waals surface area contributed by atoms with E-state index in [2.05, 4.69) is 15.0 Å². The quantitative estimate of drug-likeness (QED) is 0.292. The van der Waals surface area contributed by atoms with E-state index in [0.717, 1.165) is 18.9 Å². The molecule has 0 atom stereocenters. The molecule has 3 N–H and O–H groups in total. The van der Waals surface area contributed by atoms with Crippen LogP contribution in [0.15, 0.2) is 53.5 Å². The highest BCUT2D eigenvalue weighted by atomic mass is 32.2. The van der Waals surface area contributed by atoms with E-state index in [1.807, 2.05) is 0 Å². The van der Waals surface area contributed by atoms with Gasteiger partial charge in [-0.25, -0.2) is 21.9 Å². The Bertz CT molecular complexity index is 1910. The Morgan fingerprint density at radius 1 is 1.02 bits per heavy atom. The lowest BCUT2D eigenvalue weighted by Crippen LogP contribution is -2.35. The van der Waals surface area contributed by atoms with Crippen molar-refractivity contribution in [2.45, 2.75) is 50.4 Å². The lowest BCUT2D eigenvalue weighted by Gasteiger charge is -2.14. The number of nitrogens with one attached hydrogen (secondary N) is 3. The number of halogens is 2. The van der Waals surface area contributed by atoms with Crippen LogP contribution >= 0.6 is 0 Å². The number of sulfonamides is 1. The summed E-state index contributed by atoms with van der Waals surface area (Å²) in [4.78, 5) is 41.9. The monoisotopic (exact) mass is 580 g/mol. The van der Waals surface area contributed by atoms with Crippen molar-refractivity contribution in [1.82, 2.24) is 19.6 Å². The van der Waals surface area contributed by atoms with Crippen LogP contribution in [0.25, 0.3) is 22.0 Å². The molecule has 2 fully saturated rings. The number of hydrogen-bond donors (Lipinski definition) is 3. The van der Waals surface area contributed by atoms with Crippen molar-refractivity contribution in [3.05, 3.63) is 93.0 Å². The molecule has 2 aromatic heterocycles. The van der Waals surface area contributed by atoms with Gasteiger partial charge in [-0.2, -0.15) is 0 Å². The predicted octanol–water partition coefficient (Wildman–Crippen LogP) is 3.75. The van der Waals surface area contributed by atoms with Crippen molar-refractivity contribution >= 4 is 32.7 Å². The number of rotatable bonds is 8. The van der Waals surface area contributed by atoms with E-state index >= 15 is 4.39 Å². The number of benzene rings is 2. The number of nitrogens with zero attached hydrogens (tertiary/aromatic N) is 1. The van der Waals surface area contributed by atoms with E-state index in [0.29, 0.717) is 18.2 Å². The summed E-state index contributed by atoms with van der Waals surface area (Å²) in [5.41, 5.74) is -0.0902. The Balaban J connectivity index is 1.57. The van der Waals surface area contributed by atoms with Gasteiger partial charge in [-0.3, -0.25) is 14.4 Å². The summed E-state index contributed by atoms with van der Waals surface area (Å²) in [5.74, 6) is -2.70. The zero-order valence-electron chi connectivity index (χ0n) is 22.0. The predicted molar refractivity (Wildman–Crippen MR) is 148 cm³/mol. The van der Waals surface area contributed by atoms with E-state index in [-0.39, 0.29) is 57.5 Å². The Morgan fingerprint density at radius 2 is 1.78 bits per heavy atom. The van der Waals surface area contributed by atoms with E-state index in [4.69, 9.17) is 0 Å². The van der Waals surface area contributed by atoms with Crippen LogP contribution in [0.2, 0.25) is 0 Å². The van der Waals surface area contributed by atoms with E-state index in [1.54, 1.807) is 6.07 Å². The second-order valence-electron chi connectivity index (χ2n) is 10.6. The van der Waals surface area contributed by atoms with Crippen molar-refractivity contribution in [3.63, 3.8) is 0 Å². The average Bonchev–Trinajstić information content (AvgIpc) is 3.84. The third kappa shape index (κ3) is 5.15. The molecule has 0 radical (unpaired) electrons. The van der Waals surface area contributed by atoms with Gasteiger partial charge in [-0.15, -0.1) is 0 Å². The molecule has 2 amide bonds. The van der Waals surface area contributed by atoms with Gasteiger partial charge in [0.05, 0.1) is 17.3 Å². The number of carbonyl (C=O) groups is 2. The van der Waals surface area contributed by atoms with Crippen molar-refractivity contribution in [1.29, 1.82) is 0 Å². The van der Waals surface area contributed by atoms with Crippen LogP contribution < -0.4 is 15.6 Å². The van der Waals surface area contributed by atoms with E-state index in [1.165, 1.54) is 48.0 Å². The zero-order chi connectivity index (χ0) is 29.1. The van der Waals surface area contributed by atoms with Crippen molar-refractivity contribution in [3.8, 4) is 11.1 Å². The van der Waals surface area contributed by atoms with Gasteiger partial charge in [-0.1, -0.05) is 0 Å². The van der Waals surface area contributed by atoms with Crippen LogP contribution in [0.3, 0.4) is 0 Å². The molecule has 2 aromatic carbocycles. The molecule has 0 saturated heterocycles. The lowest BCUT2D eigenvalue weighted by atomic mass is 10.0. The summed E-state index contributed by atoms with van der Waals surface area (Å²) in [6.45, 7) is 1.16. The van der Waals surface area contributed by atoms with Gasteiger partial charge in [0.25, 0.3) is 17.4 Å². The molecule has 0 spiro atoms. The van der Waals surface area contributed by atoms with Crippen LogP contribution in [0.1, 0.15) is 57.7 Å². The molecule has 4 aromatic rings. The first-order chi connectivity index (χ1) is 19.5. The fourth-order valence-electron chi connectivity index (χ4n) is 4.91. The number of fused-ring (bicyclic) bond motifs is 1. The number of aryl methyl sites for hydroxylation is 1. The molecule has 6 rings (SSSR count). The summed E-state index contributed by atoms with van der Waals surface area (Å²) >= 11 is 0. The van der Waals surface area contributed by atoms with E-state index in [9.17, 15) is 27.2 Å². The van der Waals surface area contributed by atoms with Gasteiger partial charge >= 0.3 is 0 Å². The Labute approximate surface area is 233 Å². The summed E-state index contributed by atoms with van der Waals surface area (Å²) < 4.78 is 59.1. The topological polar surface area (TPSA) is 130 Å². The van der Waals surface area contributed by atoms with Crippen LogP contribution in [0.4, 0.5) is 8.78 Å². The Hall–Kier alpha value is -4.32. The largest absolute Gasteiger partial charge is 0.349 e. The normalized spacial score (nSPS) is 15.2. The fourth-order valence-corrected chi connectivity index (χ4v) is 6.19. The molecule has 2 heterocycles. The zero-order valence-corrected chi connectivity index (χ0v) is 22.8. The summed E-state index contributed by atoms with van der Waals surface area (Å²) in [7, 11) is -4.02. The molecule has 2 saturated carbocycles. The van der Waals surface area contributed by atoms with Crippen molar-refractivity contribution in [2.24, 2.45) is 0 Å². The van der Waals surface area contributed by atoms with Gasteiger partial charge in [-0.05, 0) is 80.6 Å². The first-order valence-electron chi connectivity index (χ1n) is 13.2. The van der Waals surface area contributed by atoms with Crippen molar-refractivity contribution in [2.75, 3.05) is 0 Å². The molecular formula is C29H26F2N4O5S. The van der Waals surface area contributed by atoms with Crippen molar-refractivity contribution < 1.29 is 26.8 Å². The van der Waals surface area contributed by atoms with Crippen LogP contribution in [-0.2, 0) is 16.6 Å². The third-order valence-electron chi connectivity index (χ3n) is 7.39. The SMILES string of the molecule is Cc1cc2c(-c3ccc[nH]c3=O)c(C(=O)NS(=O)(=O)C3CC3)n(Cc3cc(C(=O)NC4CC4)ccc3F)c2cc1F. The molecule has 12 heteroatoms. The Kier molecular flexibility index (Phi) is 6.52. The fraction of sp³-hybridized carbons (Fsp3) is 0.276. The average molecular weight is 581 g/mol. The molecule has 2 aliphatic carbocycles. The maximum Gasteiger partial charge on any atom is 0.282 e. The van der Waals surface area contributed by atoms with E-state index < -0.39 is 38.4 Å². The number of carbonyl (C=O) groups excluding carboxylic acids is 2. The molecule has 212 valence electrons. The van der Waals surface area contributed by atoms with Crippen LogP contribution in [-0.4, -0.2) is 41.1 Å². The highest BCUT2D eigenvalue weighted by Crippen LogP contribution is 2.37. The second-order valence-corrected chi connectivity index (χ2v) is 12.5. The van der Waals surface area contributed by atoms with Gasteiger partial charge in [0.1, 0.15) is 17.3 Å². The van der Waals surface area contributed by atoms with Crippen LogP contribution in [0.5, 0.6) is 0 Å². The summed E-state index contributed by atoms with van der Waals surface area (Å²) in [5, 5.41) is 2.43. The molecule has 41 heavy (non-hydrogen) atoms. The highest BCUT2D eigenvalue weighted by molar-refractivity contribution is 7.91. The molecule has 2 aliphatic rings. The number of aromatic amines is 1. The van der Waals surface area contributed by atoms with Gasteiger partial charge in [0.15, 0.2) is 0 Å². The molecule has 0 bridgehead atoms. The van der Waals surface area contributed by atoms with Gasteiger partial charge in [0, 0.05) is 39.9 Å². The molecule has 0 unspecified atom stereocenters. The summed E-state index contributed by atoms with van der Waals surface area (Å²) in [6, 6.07) is 9.54. The maximum absolute atomic E-state index is 15.2. The molecule has 0 aliphatic heterocycles. The molecule has 9 nitrogen and oxygen atoms in total.